The molecule has 0 radical (unpaired) electrons. The summed E-state index contributed by atoms with van der Waals surface area (Å²) in [5.41, 5.74) is 5.39. The fourth-order valence-electron chi connectivity index (χ4n) is 6.38. The Morgan fingerprint density at radius 3 is 2.54 bits per heavy atom. The summed E-state index contributed by atoms with van der Waals surface area (Å²) in [5.74, 6) is 1.84. The first-order valence-electron chi connectivity index (χ1n) is 14.0. The van der Waals surface area contributed by atoms with Crippen LogP contribution < -0.4 is 9.64 Å². The number of hydrogen-bond donors (Lipinski definition) is 0. The topological polar surface area (TPSA) is 77.7 Å². The first-order valence-corrected chi connectivity index (χ1v) is 15.6. The summed E-state index contributed by atoms with van der Waals surface area (Å²) in [6.07, 6.45) is 6.53. The SMILES string of the molecule is Cc1cc(OC=O)ccc1-c1csc(N2[C@@H]3CC[C@H]2CC(OCc2c(-c4c(Cl)cccc4Cl)noc2C2CC2)C3)n1. The van der Waals surface area contributed by atoms with E-state index in [0.29, 0.717) is 58.1 Å². The van der Waals surface area contributed by atoms with Gasteiger partial charge in [-0.25, -0.2) is 4.98 Å². The van der Waals surface area contributed by atoms with E-state index < -0.39 is 0 Å². The van der Waals surface area contributed by atoms with Gasteiger partial charge >= 0.3 is 0 Å². The van der Waals surface area contributed by atoms with E-state index in [1.807, 2.05) is 37.3 Å². The van der Waals surface area contributed by atoms with Gasteiger partial charge in [-0.2, -0.15) is 0 Å². The highest BCUT2D eigenvalue weighted by Gasteiger charge is 2.43. The molecule has 1 unspecified atom stereocenters. The van der Waals surface area contributed by atoms with E-state index in [4.69, 9.17) is 42.2 Å². The summed E-state index contributed by atoms with van der Waals surface area (Å²) in [7, 11) is 0. The van der Waals surface area contributed by atoms with Gasteiger partial charge in [0.1, 0.15) is 17.2 Å². The molecule has 3 fully saturated rings. The number of piperidine rings is 1. The molecular weight excluding hydrogens is 581 g/mol. The molecule has 2 saturated heterocycles. The molecule has 2 aromatic carbocycles. The summed E-state index contributed by atoms with van der Waals surface area (Å²) in [6.45, 7) is 2.89. The molecule has 1 aliphatic carbocycles. The summed E-state index contributed by atoms with van der Waals surface area (Å²) < 4.78 is 17.4. The first-order chi connectivity index (χ1) is 20.0. The van der Waals surface area contributed by atoms with Crippen molar-refractivity contribution in [2.45, 2.75) is 76.2 Å². The van der Waals surface area contributed by atoms with Gasteiger partial charge in [-0.1, -0.05) is 34.4 Å². The van der Waals surface area contributed by atoms with Gasteiger partial charge in [-0.15, -0.1) is 11.3 Å². The van der Waals surface area contributed by atoms with E-state index in [0.717, 1.165) is 71.8 Å². The van der Waals surface area contributed by atoms with E-state index in [-0.39, 0.29) is 6.10 Å². The second-order valence-corrected chi connectivity index (χ2v) is 12.8. The minimum Gasteiger partial charge on any atom is -0.429 e. The van der Waals surface area contributed by atoms with Crippen LogP contribution in [-0.2, 0) is 16.1 Å². The van der Waals surface area contributed by atoms with Gasteiger partial charge in [0.15, 0.2) is 5.13 Å². The normalized spacial score (nSPS) is 21.8. The van der Waals surface area contributed by atoms with E-state index in [1.165, 1.54) is 0 Å². The number of nitrogens with zero attached hydrogens (tertiary/aromatic N) is 3. The minimum absolute atomic E-state index is 0.146. The van der Waals surface area contributed by atoms with Gasteiger partial charge in [-0.3, -0.25) is 4.79 Å². The maximum Gasteiger partial charge on any atom is 0.298 e. The lowest BCUT2D eigenvalue weighted by atomic mass is 10.00. The molecule has 2 bridgehead atoms. The Hall–Kier alpha value is -2.91. The zero-order valence-electron chi connectivity index (χ0n) is 22.5. The second-order valence-electron chi connectivity index (χ2n) is 11.1. The number of halogens is 2. The van der Waals surface area contributed by atoms with Crippen molar-refractivity contribution >= 4 is 46.1 Å². The number of ether oxygens (including phenoxy) is 2. The predicted molar refractivity (Wildman–Crippen MR) is 160 cm³/mol. The third kappa shape index (κ3) is 5.16. The number of thiazole rings is 1. The highest BCUT2D eigenvalue weighted by Crippen LogP contribution is 2.47. The molecule has 41 heavy (non-hydrogen) atoms. The van der Waals surface area contributed by atoms with Crippen molar-refractivity contribution in [3.8, 4) is 28.3 Å². The van der Waals surface area contributed by atoms with Crippen molar-refractivity contribution in [1.82, 2.24) is 10.1 Å². The molecule has 3 atom stereocenters. The number of carbonyl (C=O) groups excluding carboxylic acids is 1. The van der Waals surface area contributed by atoms with Crippen molar-refractivity contribution in [1.29, 1.82) is 0 Å². The number of hydrogen-bond acceptors (Lipinski definition) is 8. The van der Waals surface area contributed by atoms with E-state index in [1.54, 1.807) is 17.4 Å². The molecule has 1 saturated carbocycles. The molecular formula is C31H29Cl2N3O4S. The molecule has 3 aliphatic rings. The molecule has 7 nitrogen and oxygen atoms in total. The van der Waals surface area contributed by atoms with Crippen LogP contribution in [-0.4, -0.2) is 34.8 Å². The van der Waals surface area contributed by atoms with E-state index in [2.05, 4.69) is 15.4 Å². The van der Waals surface area contributed by atoms with Gasteiger partial charge in [0, 0.05) is 40.1 Å². The number of rotatable bonds is 9. The maximum atomic E-state index is 10.7. The molecule has 0 spiro atoms. The molecule has 0 N–H and O–H groups in total. The van der Waals surface area contributed by atoms with Crippen LogP contribution in [0.5, 0.6) is 5.75 Å². The van der Waals surface area contributed by atoms with Crippen molar-refractivity contribution in [3.63, 3.8) is 0 Å². The lowest BCUT2D eigenvalue weighted by Gasteiger charge is -2.38. The lowest BCUT2D eigenvalue weighted by molar-refractivity contribution is -0.120. The van der Waals surface area contributed by atoms with Crippen molar-refractivity contribution in [2.75, 3.05) is 4.90 Å². The third-order valence-corrected chi connectivity index (χ3v) is 9.97. The highest BCUT2D eigenvalue weighted by atomic mass is 35.5. The van der Waals surface area contributed by atoms with E-state index >= 15 is 0 Å². The zero-order chi connectivity index (χ0) is 28.1. The number of benzene rings is 2. The fourth-order valence-corrected chi connectivity index (χ4v) is 7.93. The number of fused-ring (bicyclic) bond motifs is 2. The molecule has 7 rings (SSSR count). The van der Waals surface area contributed by atoms with Crippen LogP contribution in [0.25, 0.3) is 22.5 Å². The van der Waals surface area contributed by atoms with Gasteiger partial charge < -0.3 is 18.9 Å². The molecule has 2 aromatic heterocycles. The predicted octanol–water partition coefficient (Wildman–Crippen LogP) is 8.21. The Morgan fingerprint density at radius 1 is 1.10 bits per heavy atom. The number of aryl methyl sites for hydroxylation is 1. The van der Waals surface area contributed by atoms with E-state index in [9.17, 15) is 4.79 Å². The number of carbonyl (C=O) groups is 1. The molecule has 0 amide bonds. The van der Waals surface area contributed by atoms with Crippen LogP contribution in [0.15, 0.2) is 46.3 Å². The third-order valence-electron chi connectivity index (χ3n) is 8.49. The molecule has 4 aromatic rings. The van der Waals surface area contributed by atoms with Gasteiger partial charge in [0.2, 0.25) is 0 Å². The standard InChI is InChI=1S/C31H29Cl2N3O4S/c1-17-11-21(39-16-37)9-10-23(17)27-15-41-31(34-27)36-19-7-8-20(36)13-22(12-19)38-14-24-29(35-40-30(24)18-5-6-18)28-25(32)3-2-4-26(28)33/h2-4,9-11,15-16,18-20,22H,5-8,12-14H2,1H3/t19-,20+,22?. The summed E-state index contributed by atoms with van der Waals surface area (Å²) >= 11 is 14.8. The average molecular weight is 611 g/mol. The first kappa shape index (κ1) is 27.0. The zero-order valence-corrected chi connectivity index (χ0v) is 24.8. The monoisotopic (exact) mass is 609 g/mol. The summed E-state index contributed by atoms with van der Waals surface area (Å²) in [6, 6.07) is 11.9. The summed E-state index contributed by atoms with van der Waals surface area (Å²) in [5, 5.41) is 8.71. The van der Waals surface area contributed by atoms with Crippen LogP contribution in [0, 0.1) is 6.92 Å². The number of aromatic nitrogens is 2. The molecule has 2 aliphatic heterocycles. The van der Waals surface area contributed by atoms with Crippen LogP contribution in [0.4, 0.5) is 5.13 Å². The fraction of sp³-hybridized carbons (Fsp3) is 0.387. The molecule has 212 valence electrons. The Labute approximate surface area is 252 Å². The maximum absolute atomic E-state index is 10.7. The van der Waals surface area contributed by atoms with Crippen LogP contribution in [0.1, 0.15) is 61.3 Å². The van der Waals surface area contributed by atoms with Crippen molar-refractivity contribution in [2.24, 2.45) is 0 Å². The van der Waals surface area contributed by atoms with Gasteiger partial charge in [0.05, 0.1) is 28.5 Å². The Morgan fingerprint density at radius 2 is 1.85 bits per heavy atom. The van der Waals surface area contributed by atoms with Gasteiger partial charge in [-0.05, 0) is 81.3 Å². The smallest absolute Gasteiger partial charge is 0.298 e. The van der Waals surface area contributed by atoms with Crippen LogP contribution in [0.2, 0.25) is 10.0 Å². The lowest BCUT2D eigenvalue weighted by Crippen LogP contribution is -2.45. The average Bonchev–Trinajstić information content (AvgIpc) is 3.43. The Kier molecular flexibility index (Phi) is 7.27. The molecule has 10 heteroatoms. The Balaban J connectivity index is 1.06. The highest BCUT2D eigenvalue weighted by molar-refractivity contribution is 7.14. The minimum atomic E-state index is 0.146. The van der Waals surface area contributed by atoms with Crippen LogP contribution >= 0.6 is 34.5 Å². The molecule has 4 heterocycles. The second kappa shape index (κ2) is 11.1. The summed E-state index contributed by atoms with van der Waals surface area (Å²) in [4.78, 5) is 18.2. The van der Waals surface area contributed by atoms with Crippen molar-refractivity contribution < 1.29 is 18.8 Å². The van der Waals surface area contributed by atoms with Gasteiger partial charge in [0.25, 0.3) is 6.47 Å². The number of anilines is 1. The van der Waals surface area contributed by atoms with Crippen LogP contribution in [0.3, 0.4) is 0 Å². The Bertz CT molecular complexity index is 1570. The van der Waals surface area contributed by atoms with Crippen molar-refractivity contribution in [3.05, 3.63) is 68.7 Å². The largest absolute Gasteiger partial charge is 0.429 e. The quantitative estimate of drug-likeness (QED) is 0.177.